The van der Waals surface area contributed by atoms with Crippen LogP contribution in [0.1, 0.15) is 77.0 Å². The zero-order valence-electron chi connectivity index (χ0n) is 23.3. The molecule has 0 amide bonds. The Labute approximate surface area is 233 Å². The van der Waals surface area contributed by atoms with Crippen molar-refractivity contribution >= 4 is 5.97 Å². The molecule has 7 fully saturated rings. The van der Waals surface area contributed by atoms with Gasteiger partial charge in [0.15, 0.2) is 6.29 Å². The summed E-state index contributed by atoms with van der Waals surface area (Å²) in [5.74, 6) is 12.7. The van der Waals surface area contributed by atoms with E-state index in [0.29, 0.717) is 25.2 Å². The fourth-order valence-electron chi connectivity index (χ4n) is 12.7. The van der Waals surface area contributed by atoms with Gasteiger partial charge in [0.2, 0.25) is 0 Å². The molecule has 0 aromatic heterocycles. The van der Waals surface area contributed by atoms with Crippen LogP contribution in [0.4, 0.5) is 0 Å². The maximum atomic E-state index is 11.2. The average Bonchev–Trinajstić information content (AvgIpc) is 3.76. The van der Waals surface area contributed by atoms with Crippen molar-refractivity contribution in [2.45, 2.75) is 95.5 Å². The van der Waals surface area contributed by atoms with Gasteiger partial charge < -0.3 is 20.1 Å². The molecular formula is C34H48O5. The molecule has 1 heterocycles. The lowest BCUT2D eigenvalue weighted by molar-refractivity contribution is -0.142. The fourth-order valence-corrected chi connectivity index (χ4v) is 12.7. The Kier molecular flexibility index (Phi) is 6.35. The van der Waals surface area contributed by atoms with Crippen LogP contribution in [0.5, 0.6) is 0 Å². The van der Waals surface area contributed by atoms with E-state index in [1.54, 1.807) is 0 Å². The highest BCUT2D eigenvalue weighted by molar-refractivity contribution is 5.71. The molecular weight excluding hydrogens is 488 g/mol. The first-order valence-electron chi connectivity index (χ1n) is 16.5. The number of carbonyl (C=O) groups excluding carboxylic acids is 1. The quantitative estimate of drug-likeness (QED) is 0.182. The second-order valence-corrected chi connectivity index (χ2v) is 15.4. The van der Waals surface area contributed by atoms with Gasteiger partial charge >= 0.3 is 5.97 Å². The van der Waals surface area contributed by atoms with E-state index in [1.165, 1.54) is 38.5 Å². The maximum absolute atomic E-state index is 11.2. The van der Waals surface area contributed by atoms with Gasteiger partial charge in [-0.05, 0) is 147 Å². The van der Waals surface area contributed by atoms with Gasteiger partial charge in [-0.1, -0.05) is 24.3 Å². The normalized spacial score (nSPS) is 53.0. The van der Waals surface area contributed by atoms with Crippen LogP contribution in [0.25, 0.3) is 0 Å². The molecule has 9 rings (SSSR count). The van der Waals surface area contributed by atoms with Crippen LogP contribution in [0.3, 0.4) is 0 Å². The van der Waals surface area contributed by atoms with E-state index < -0.39 is 6.29 Å². The second kappa shape index (κ2) is 9.70. The molecule has 0 aromatic carbocycles. The molecule has 8 aliphatic carbocycles. The third kappa shape index (κ3) is 4.23. The van der Waals surface area contributed by atoms with Gasteiger partial charge in [0, 0.05) is 12.8 Å². The van der Waals surface area contributed by atoms with Crippen molar-refractivity contribution in [1.29, 1.82) is 0 Å². The molecule has 3 N–H and O–H groups in total. The number of fused-ring (bicyclic) bond motifs is 18. The monoisotopic (exact) mass is 536 g/mol. The third-order valence-electron chi connectivity index (χ3n) is 13.7. The minimum absolute atomic E-state index is 0.0360. The Bertz CT molecular complexity index is 1020. The van der Waals surface area contributed by atoms with Gasteiger partial charge in [-0.25, -0.2) is 0 Å². The number of rotatable bonds is 7. The van der Waals surface area contributed by atoms with Crippen molar-refractivity contribution in [3.8, 4) is 0 Å². The first-order valence-corrected chi connectivity index (χ1v) is 16.5. The standard InChI is InChI=1S/C17H26O3.C17H22O2/c18-13(3-4-15(19)20)7-11-6-12-8-14(11)17-10-2-1-9(5-10)16(12)17;18-15-4-3-13(19-15)7-11-6-12-8-14(11)17-10-2-1-9(5-10)16(12)17/h1-2,9-20H,3-8H2;1-2,9-14,16-17H,3-8H2. The zero-order valence-corrected chi connectivity index (χ0v) is 23.3. The van der Waals surface area contributed by atoms with Crippen LogP contribution >= 0.6 is 0 Å². The number of hydrogen-bond acceptors (Lipinski definition) is 5. The minimum Gasteiger partial charge on any atom is -0.462 e. The van der Waals surface area contributed by atoms with E-state index in [9.17, 15) is 9.90 Å². The van der Waals surface area contributed by atoms with E-state index >= 15 is 0 Å². The van der Waals surface area contributed by atoms with Crippen LogP contribution in [0.15, 0.2) is 24.3 Å². The van der Waals surface area contributed by atoms with Crippen molar-refractivity contribution in [3.05, 3.63) is 24.3 Å². The van der Waals surface area contributed by atoms with Crippen molar-refractivity contribution in [1.82, 2.24) is 0 Å². The molecule has 9 aliphatic rings. The Morgan fingerprint density at radius 1 is 0.718 bits per heavy atom. The summed E-state index contributed by atoms with van der Waals surface area (Å²) in [6, 6.07) is 0. The number of aliphatic hydroxyl groups excluding tert-OH is 2. The summed E-state index contributed by atoms with van der Waals surface area (Å²) in [6.07, 6.45) is 21.5. The number of esters is 1. The van der Waals surface area contributed by atoms with Crippen LogP contribution in [0.2, 0.25) is 0 Å². The molecule has 0 spiro atoms. The number of cyclic esters (lactones) is 1. The lowest BCUT2D eigenvalue weighted by Gasteiger charge is -2.37. The summed E-state index contributed by atoms with van der Waals surface area (Å²) >= 11 is 0. The molecule has 6 saturated carbocycles. The van der Waals surface area contributed by atoms with E-state index in [1.807, 2.05) is 0 Å². The first kappa shape index (κ1) is 25.5. The van der Waals surface area contributed by atoms with E-state index in [-0.39, 0.29) is 18.2 Å². The summed E-state index contributed by atoms with van der Waals surface area (Å²) in [5.41, 5.74) is 0. The highest BCUT2D eigenvalue weighted by Crippen LogP contribution is 2.68. The Balaban J connectivity index is 0.000000121. The van der Waals surface area contributed by atoms with Gasteiger partial charge in [-0.15, -0.1) is 0 Å². The Morgan fingerprint density at radius 2 is 1.28 bits per heavy atom. The summed E-state index contributed by atoms with van der Waals surface area (Å²) in [5, 5.41) is 27.9. The molecule has 8 bridgehead atoms. The SMILES string of the molecule is O=C1CCC(CC2CC3CC2C2C4C=CC(C4)C32)O1.OC(O)CCC(O)CC1CC2CC1C1C3C=CC(C3)C21. The van der Waals surface area contributed by atoms with Gasteiger partial charge in [0.1, 0.15) is 6.10 Å². The van der Waals surface area contributed by atoms with E-state index in [4.69, 9.17) is 14.9 Å². The van der Waals surface area contributed by atoms with Crippen molar-refractivity contribution in [2.75, 3.05) is 0 Å². The molecule has 39 heavy (non-hydrogen) atoms. The average molecular weight is 537 g/mol. The molecule has 0 aromatic rings. The van der Waals surface area contributed by atoms with E-state index in [2.05, 4.69) is 24.3 Å². The van der Waals surface area contributed by atoms with Gasteiger partial charge in [0.05, 0.1) is 6.10 Å². The van der Waals surface area contributed by atoms with Gasteiger partial charge in [-0.3, -0.25) is 4.79 Å². The predicted octanol–water partition coefficient (Wildman–Crippen LogP) is 5.10. The van der Waals surface area contributed by atoms with Crippen LogP contribution in [0, 0.1) is 82.9 Å². The molecule has 0 radical (unpaired) electrons. The topological polar surface area (TPSA) is 87.0 Å². The number of carbonyl (C=O) groups is 1. The number of allylic oxidation sites excluding steroid dienone is 4. The lowest BCUT2D eigenvalue weighted by atomic mass is 9.68. The summed E-state index contributed by atoms with van der Waals surface area (Å²) in [4.78, 5) is 11.2. The lowest BCUT2D eigenvalue weighted by Crippen LogP contribution is -2.32. The van der Waals surface area contributed by atoms with Crippen LogP contribution < -0.4 is 0 Å². The predicted molar refractivity (Wildman–Crippen MR) is 147 cm³/mol. The number of aliphatic hydroxyl groups is 3. The summed E-state index contributed by atoms with van der Waals surface area (Å²) in [7, 11) is 0. The van der Waals surface area contributed by atoms with Crippen molar-refractivity contribution in [3.63, 3.8) is 0 Å². The Morgan fingerprint density at radius 3 is 1.85 bits per heavy atom. The third-order valence-corrected chi connectivity index (χ3v) is 13.7. The largest absolute Gasteiger partial charge is 0.462 e. The summed E-state index contributed by atoms with van der Waals surface area (Å²) < 4.78 is 5.45. The number of hydrogen-bond donors (Lipinski definition) is 3. The molecule has 5 heteroatoms. The number of ether oxygens (including phenoxy) is 1. The van der Waals surface area contributed by atoms with Crippen LogP contribution in [-0.4, -0.2) is 39.8 Å². The van der Waals surface area contributed by atoms with Crippen LogP contribution in [-0.2, 0) is 9.53 Å². The van der Waals surface area contributed by atoms with Gasteiger partial charge in [0.25, 0.3) is 0 Å². The van der Waals surface area contributed by atoms with E-state index in [0.717, 1.165) is 96.2 Å². The molecule has 5 nitrogen and oxygen atoms in total. The molecule has 1 saturated heterocycles. The minimum atomic E-state index is -1.27. The fraction of sp³-hybridized carbons (Fsp3) is 0.853. The van der Waals surface area contributed by atoms with Crippen molar-refractivity contribution < 1.29 is 24.9 Å². The smallest absolute Gasteiger partial charge is 0.306 e. The second-order valence-electron chi connectivity index (χ2n) is 15.4. The highest BCUT2D eigenvalue weighted by atomic mass is 16.5. The summed E-state index contributed by atoms with van der Waals surface area (Å²) in [6.45, 7) is 0. The highest BCUT2D eigenvalue weighted by Gasteiger charge is 2.62. The van der Waals surface area contributed by atoms with Crippen molar-refractivity contribution in [2.24, 2.45) is 82.9 Å². The molecule has 214 valence electrons. The molecule has 16 atom stereocenters. The zero-order chi connectivity index (χ0) is 26.4. The molecule has 16 unspecified atom stereocenters. The Hall–Kier alpha value is -1.17. The maximum Gasteiger partial charge on any atom is 0.306 e. The van der Waals surface area contributed by atoms with Gasteiger partial charge in [-0.2, -0.15) is 0 Å². The first-order chi connectivity index (χ1) is 18.9. The molecule has 1 aliphatic heterocycles.